The van der Waals surface area contributed by atoms with E-state index in [1.54, 1.807) is 12.4 Å². The molecule has 0 atom stereocenters. The zero-order chi connectivity index (χ0) is 20.1. The van der Waals surface area contributed by atoms with Crippen molar-refractivity contribution in [3.8, 4) is 0 Å². The van der Waals surface area contributed by atoms with Crippen molar-refractivity contribution in [1.29, 1.82) is 0 Å². The Kier molecular flexibility index (Phi) is 6.29. The van der Waals surface area contributed by atoms with Gasteiger partial charge in [-0.3, -0.25) is 14.6 Å². The molecule has 1 aliphatic rings. The van der Waals surface area contributed by atoms with Crippen molar-refractivity contribution in [3.05, 3.63) is 53.3 Å². The number of amides is 2. The number of piperidine rings is 1. The number of rotatable bonds is 4. The van der Waals surface area contributed by atoms with Gasteiger partial charge in [-0.25, -0.2) is 0 Å². The van der Waals surface area contributed by atoms with Gasteiger partial charge >= 0.3 is 11.8 Å². The SMILES string of the molecule is Cc1cc(C)c(NC(=O)C(=O)NCC2CCN(c3ccncc3)CC2)c(C)c1. The summed E-state index contributed by atoms with van der Waals surface area (Å²) in [5.74, 6) is -0.794. The molecule has 1 aliphatic heterocycles. The Morgan fingerprint density at radius 1 is 1.04 bits per heavy atom. The Hall–Kier alpha value is -2.89. The fourth-order valence-electron chi connectivity index (χ4n) is 3.81. The molecule has 0 radical (unpaired) electrons. The smallest absolute Gasteiger partial charge is 0.313 e. The van der Waals surface area contributed by atoms with Crippen molar-refractivity contribution < 1.29 is 9.59 Å². The standard InChI is InChI=1S/C22H28N4O2/c1-15-12-16(2)20(17(3)13-15)25-22(28)21(27)24-14-18-6-10-26(11-7-18)19-4-8-23-9-5-19/h4-5,8-9,12-13,18H,6-7,10-11,14H2,1-3H3,(H,24,27)(H,25,28). The van der Waals surface area contributed by atoms with Gasteiger partial charge in [0, 0.05) is 43.4 Å². The van der Waals surface area contributed by atoms with Crippen molar-refractivity contribution in [3.63, 3.8) is 0 Å². The second-order valence-corrected chi connectivity index (χ2v) is 7.57. The first kappa shape index (κ1) is 19.9. The fraction of sp³-hybridized carbons (Fsp3) is 0.409. The topological polar surface area (TPSA) is 74.3 Å². The third-order valence-electron chi connectivity index (χ3n) is 5.32. The van der Waals surface area contributed by atoms with Crippen LogP contribution < -0.4 is 15.5 Å². The summed E-state index contributed by atoms with van der Waals surface area (Å²) in [6.07, 6.45) is 5.58. The van der Waals surface area contributed by atoms with Crippen LogP contribution in [0.25, 0.3) is 0 Å². The van der Waals surface area contributed by atoms with Crippen LogP contribution in [0.2, 0.25) is 0 Å². The number of hydrogen-bond acceptors (Lipinski definition) is 4. The maximum absolute atomic E-state index is 12.3. The number of pyridine rings is 1. The van der Waals surface area contributed by atoms with E-state index in [9.17, 15) is 9.59 Å². The van der Waals surface area contributed by atoms with Crippen LogP contribution in [-0.2, 0) is 9.59 Å². The third kappa shape index (κ3) is 4.88. The number of nitrogens with one attached hydrogen (secondary N) is 2. The second-order valence-electron chi connectivity index (χ2n) is 7.57. The van der Waals surface area contributed by atoms with Crippen molar-refractivity contribution in [2.75, 3.05) is 29.9 Å². The minimum absolute atomic E-state index is 0.387. The summed E-state index contributed by atoms with van der Waals surface area (Å²) < 4.78 is 0. The van der Waals surface area contributed by atoms with E-state index in [2.05, 4.69) is 20.5 Å². The van der Waals surface area contributed by atoms with Gasteiger partial charge < -0.3 is 15.5 Å². The minimum Gasteiger partial charge on any atom is -0.371 e. The average molecular weight is 380 g/mol. The molecule has 28 heavy (non-hydrogen) atoms. The average Bonchev–Trinajstić information content (AvgIpc) is 2.69. The number of aromatic nitrogens is 1. The summed E-state index contributed by atoms with van der Waals surface area (Å²) in [5.41, 5.74) is 4.96. The Balaban J connectivity index is 1.46. The Labute approximate surface area is 166 Å². The third-order valence-corrected chi connectivity index (χ3v) is 5.32. The number of nitrogens with zero attached hydrogens (tertiary/aromatic N) is 2. The Morgan fingerprint density at radius 2 is 1.64 bits per heavy atom. The molecule has 0 saturated carbocycles. The van der Waals surface area contributed by atoms with Gasteiger partial charge in [0.1, 0.15) is 0 Å². The number of anilines is 2. The van der Waals surface area contributed by atoms with Gasteiger partial charge in [-0.1, -0.05) is 17.7 Å². The first-order valence-corrected chi connectivity index (χ1v) is 9.76. The van der Waals surface area contributed by atoms with E-state index in [4.69, 9.17) is 0 Å². The Morgan fingerprint density at radius 3 is 2.25 bits per heavy atom. The molecule has 0 aliphatic carbocycles. The normalized spacial score (nSPS) is 14.6. The lowest BCUT2D eigenvalue weighted by Crippen LogP contribution is -2.42. The van der Waals surface area contributed by atoms with Crippen molar-refractivity contribution in [2.45, 2.75) is 33.6 Å². The molecular formula is C22H28N4O2. The largest absolute Gasteiger partial charge is 0.371 e. The maximum Gasteiger partial charge on any atom is 0.313 e. The van der Waals surface area contributed by atoms with E-state index in [0.29, 0.717) is 12.5 Å². The van der Waals surface area contributed by atoms with Crippen LogP contribution in [0.4, 0.5) is 11.4 Å². The molecule has 1 fully saturated rings. The van der Waals surface area contributed by atoms with E-state index >= 15 is 0 Å². The predicted octanol–water partition coefficient (Wildman–Crippen LogP) is 2.98. The Bertz CT molecular complexity index is 820. The highest BCUT2D eigenvalue weighted by atomic mass is 16.2. The zero-order valence-corrected chi connectivity index (χ0v) is 16.8. The van der Waals surface area contributed by atoms with E-state index in [0.717, 1.165) is 48.3 Å². The van der Waals surface area contributed by atoms with Crippen LogP contribution in [0.15, 0.2) is 36.7 Å². The second kappa shape index (κ2) is 8.87. The van der Waals surface area contributed by atoms with Crippen molar-refractivity contribution >= 4 is 23.2 Å². The van der Waals surface area contributed by atoms with Gasteiger partial charge in [-0.05, 0) is 62.8 Å². The molecule has 2 aromatic rings. The van der Waals surface area contributed by atoms with Gasteiger partial charge in [0.05, 0.1) is 0 Å². The van der Waals surface area contributed by atoms with Crippen LogP contribution in [0.5, 0.6) is 0 Å². The highest BCUT2D eigenvalue weighted by Crippen LogP contribution is 2.23. The molecule has 3 rings (SSSR count). The minimum atomic E-state index is -0.607. The lowest BCUT2D eigenvalue weighted by molar-refractivity contribution is -0.136. The lowest BCUT2D eigenvalue weighted by Gasteiger charge is -2.33. The van der Waals surface area contributed by atoms with Crippen molar-refractivity contribution in [2.24, 2.45) is 5.92 Å². The quantitative estimate of drug-likeness (QED) is 0.800. The predicted molar refractivity (Wildman–Crippen MR) is 111 cm³/mol. The molecule has 1 saturated heterocycles. The first-order valence-electron chi connectivity index (χ1n) is 9.76. The molecular weight excluding hydrogens is 352 g/mol. The summed E-state index contributed by atoms with van der Waals surface area (Å²) in [5, 5.41) is 5.55. The molecule has 2 heterocycles. The van der Waals surface area contributed by atoms with E-state index in [1.807, 2.05) is 45.0 Å². The summed E-state index contributed by atoms with van der Waals surface area (Å²) in [6.45, 7) is 8.30. The monoisotopic (exact) mass is 380 g/mol. The summed E-state index contributed by atoms with van der Waals surface area (Å²) in [6, 6.07) is 8.02. The number of hydrogen-bond donors (Lipinski definition) is 2. The van der Waals surface area contributed by atoms with Crippen LogP contribution in [0.3, 0.4) is 0 Å². The van der Waals surface area contributed by atoms with E-state index in [-0.39, 0.29) is 0 Å². The van der Waals surface area contributed by atoms with Crippen LogP contribution in [0, 0.1) is 26.7 Å². The van der Waals surface area contributed by atoms with Crippen molar-refractivity contribution in [1.82, 2.24) is 10.3 Å². The fourth-order valence-corrected chi connectivity index (χ4v) is 3.81. The van der Waals surface area contributed by atoms with Gasteiger partial charge in [0.15, 0.2) is 0 Å². The number of benzene rings is 1. The van der Waals surface area contributed by atoms with Crippen LogP contribution >= 0.6 is 0 Å². The summed E-state index contributed by atoms with van der Waals surface area (Å²) in [7, 11) is 0. The molecule has 0 spiro atoms. The van der Waals surface area contributed by atoms with Gasteiger partial charge in [0.25, 0.3) is 0 Å². The van der Waals surface area contributed by atoms with Gasteiger partial charge in [-0.15, -0.1) is 0 Å². The molecule has 148 valence electrons. The molecule has 1 aromatic heterocycles. The highest BCUT2D eigenvalue weighted by molar-refractivity contribution is 6.39. The number of aryl methyl sites for hydroxylation is 3. The molecule has 6 heteroatoms. The molecule has 0 bridgehead atoms. The molecule has 1 aromatic carbocycles. The zero-order valence-electron chi connectivity index (χ0n) is 16.8. The van der Waals surface area contributed by atoms with Gasteiger partial charge in [-0.2, -0.15) is 0 Å². The van der Waals surface area contributed by atoms with Crippen LogP contribution in [0.1, 0.15) is 29.5 Å². The van der Waals surface area contributed by atoms with E-state index in [1.165, 1.54) is 5.69 Å². The molecule has 2 N–H and O–H groups in total. The maximum atomic E-state index is 12.3. The number of carbonyl (C=O) groups is 2. The van der Waals surface area contributed by atoms with Crippen LogP contribution in [-0.4, -0.2) is 36.4 Å². The van der Waals surface area contributed by atoms with E-state index < -0.39 is 11.8 Å². The molecule has 2 amide bonds. The number of carbonyl (C=O) groups excluding carboxylic acids is 2. The highest BCUT2D eigenvalue weighted by Gasteiger charge is 2.22. The lowest BCUT2D eigenvalue weighted by atomic mass is 9.96. The van der Waals surface area contributed by atoms with Gasteiger partial charge in [0.2, 0.25) is 0 Å². The first-order chi connectivity index (χ1) is 13.4. The summed E-state index contributed by atoms with van der Waals surface area (Å²) in [4.78, 5) is 30.9. The summed E-state index contributed by atoms with van der Waals surface area (Å²) >= 11 is 0. The molecule has 0 unspecified atom stereocenters. The molecule has 6 nitrogen and oxygen atoms in total.